The summed E-state index contributed by atoms with van der Waals surface area (Å²) in [6.45, 7) is 4.85. The molecule has 2 saturated carbocycles. The number of aryl methyl sites for hydroxylation is 1. The van der Waals surface area contributed by atoms with Gasteiger partial charge in [0.15, 0.2) is 5.69 Å². The number of H-pyrrole nitrogens is 1. The van der Waals surface area contributed by atoms with E-state index in [2.05, 4.69) is 17.1 Å². The Bertz CT molecular complexity index is 791. The van der Waals surface area contributed by atoms with Gasteiger partial charge in [-0.2, -0.15) is 5.10 Å². The zero-order valence-corrected chi connectivity index (χ0v) is 15.3. The molecule has 0 saturated heterocycles. The normalized spacial score (nSPS) is 24.6. The molecule has 1 aromatic heterocycles. The molecule has 2 aliphatic rings. The molecule has 25 heavy (non-hydrogen) atoms. The molecule has 2 fully saturated rings. The Morgan fingerprint density at radius 1 is 1.40 bits per heavy atom. The molecular formula is C20H27N3O2. The topological polar surface area (TPSA) is 58.2 Å². The number of aromatic amines is 1. The number of nitrogens with one attached hydrogen (secondary N) is 1. The Morgan fingerprint density at radius 2 is 2.16 bits per heavy atom. The largest absolute Gasteiger partial charge is 0.378 e. The van der Waals surface area contributed by atoms with Gasteiger partial charge in [0, 0.05) is 30.5 Å². The molecule has 2 atom stereocenters. The number of fused-ring (bicyclic) bond motifs is 1. The van der Waals surface area contributed by atoms with E-state index in [-0.39, 0.29) is 17.4 Å². The number of carbonyl (C=O) groups excluding carboxylic acids is 1. The van der Waals surface area contributed by atoms with Crippen LogP contribution in [0, 0.1) is 12.3 Å². The van der Waals surface area contributed by atoms with Crippen LogP contribution in [0.25, 0.3) is 10.9 Å². The Labute approximate surface area is 148 Å². The molecule has 5 heteroatoms. The Morgan fingerprint density at radius 3 is 2.88 bits per heavy atom. The van der Waals surface area contributed by atoms with Gasteiger partial charge in [0.1, 0.15) is 0 Å². The highest BCUT2D eigenvalue weighted by Gasteiger charge is 2.59. The second kappa shape index (κ2) is 6.13. The molecule has 1 heterocycles. The average molecular weight is 341 g/mol. The predicted molar refractivity (Wildman–Crippen MR) is 97.6 cm³/mol. The first kappa shape index (κ1) is 16.6. The third kappa shape index (κ3) is 2.48. The predicted octanol–water partition coefficient (Wildman–Crippen LogP) is 3.68. The molecule has 5 nitrogen and oxygen atoms in total. The smallest absolute Gasteiger partial charge is 0.275 e. The lowest BCUT2D eigenvalue weighted by Crippen LogP contribution is -2.64. The van der Waals surface area contributed by atoms with E-state index in [4.69, 9.17) is 4.74 Å². The molecule has 1 spiro atoms. The summed E-state index contributed by atoms with van der Waals surface area (Å²) in [5.41, 5.74) is 2.74. The van der Waals surface area contributed by atoms with Crippen molar-refractivity contribution in [2.45, 2.75) is 58.1 Å². The summed E-state index contributed by atoms with van der Waals surface area (Å²) in [6, 6.07) is 6.32. The van der Waals surface area contributed by atoms with Crippen LogP contribution in [0.2, 0.25) is 0 Å². The van der Waals surface area contributed by atoms with Gasteiger partial charge in [-0.1, -0.05) is 24.5 Å². The lowest BCUT2D eigenvalue weighted by molar-refractivity contribution is -0.152. The fourth-order valence-electron chi connectivity index (χ4n) is 4.99. The third-order valence-electron chi connectivity index (χ3n) is 6.35. The number of ether oxygens (including phenoxy) is 1. The van der Waals surface area contributed by atoms with Crippen molar-refractivity contribution in [1.82, 2.24) is 15.1 Å². The molecule has 0 unspecified atom stereocenters. The molecule has 0 aliphatic heterocycles. The Kier molecular flexibility index (Phi) is 4.07. The summed E-state index contributed by atoms with van der Waals surface area (Å²) in [6.07, 6.45) is 6.07. The summed E-state index contributed by atoms with van der Waals surface area (Å²) >= 11 is 0. The Hall–Kier alpha value is -1.88. The van der Waals surface area contributed by atoms with Gasteiger partial charge in [-0.3, -0.25) is 9.89 Å². The van der Waals surface area contributed by atoms with Crippen molar-refractivity contribution in [3.05, 3.63) is 29.5 Å². The zero-order valence-electron chi connectivity index (χ0n) is 15.3. The number of aromatic nitrogens is 2. The molecular weight excluding hydrogens is 314 g/mol. The van der Waals surface area contributed by atoms with E-state index in [1.54, 1.807) is 0 Å². The second-order valence-corrected chi connectivity index (χ2v) is 7.67. The summed E-state index contributed by atoms with van der Waals surface area (Å²) in [5, 5.41) is 8.23. The highest BCUT2D eigenvalue weighted by atomic mass is 16.5. The van der Waals surface area contributed by atoms with E-state index in [0.29, 0.717) is 11.8 Å². The first-order valence-electron chi connectivity index (χ1n) is 9.40. The zero-order chi connectivity index (χ0) is 17.6. The first-order chi connectivity index (χ1) is 12.1. The van der Waals surface area contributed by atoms with Crippen molar-refractivity contribution in [2.24, 2.45) is 5.41 Å². The summed E-state index contributed by atoms with van der Waals surface area (Å²) in [4.78, 5) is 15.1. The van der Waals surface area contributed by atoms with Crippen LogP contribution >= 0.6 is 0 Å². The van der Waals surface area contributed by atoms with Crippen LogP contribution in [-0.4, -0.2) is 46.8 Å². The maximum Gasteiger partial charge on any atom is 0.275 e. The van der Waals surface area contributed by atoms with E-state index in [0.717, 1.165) is 29.5 Å². The van der Waals surface area contributed by atoms with E-state index in [1.807, 2.05) is 37.1 Å². The summed E-state index contributed by atoms with van der Waals surface area (Å²) < 4.78 is 5.99. The Balaban J connectivity index is 1.61. The second-order valence-electron chi connectivity index (χ2n) is 7.67. The molecule has 1 amide bonds. The number of amides is 1. The van der Waals surface area contributed by atoms with Crippen LogP contribution in [0.3, 0.4) is 0 Å². The molecule has 0 radical (unpaired) electrons. The number of benzene rings is 1. The van der Waals surface area contributed by atoms with Gasteiger partial charge in [-0.25, -0.2) is 0 Å². The number of nitrogens with zero attached hydrogens (tertiary/aromatic N) is 2. The molecule has 0 bridgehead atoms. The monoisotopic (exact) mass is 341 g/mol. The highest BCUT2D eigenvalue weighted by molar-refractivity contribution is 6.04. The van der Waals surface area contributed by atoms with E-state index < -0.39 is 0 Å². The van der Waals surface area contributed by atoms with Gasteiger partial charge in [0.2, 0.25) is 0 Å². The average Bonchev–Trinajstić information content (AvgIpc) is 3.25. The van der Waals surface area contributed by atoms with E-state index in [9.17, 15) is 4.79 Å². The molecule has 2 aromatic rings. The lowest BCUT2D eigenvalue weighted by Gasteiger charge is -2.56. The van der Waals surface area contributed by atoms with E-state index >= 15 is 0 Å². The fourth-order valence-corrected chi connectivity index (χ4v) is 4.99. The van der Waals surface area contributed by atoms with Crippen molar-refractivity contribution < 1.29 is 9.53 Å². The third-order valence-corrected chi connectivity index (χ3v) is 6.35. The van der Waals surface area contributed by atoms with Gasteiger partial charge in [-0.05, 0) is 45.2 Å². The minimum absolute atomic E-state index is 0.0167. The highest BCUT2D eigenvalue weighted by Crippen LogP contribution is 2.56. The van der Waals surface area contributed by atoms with Gasteiger partial charge in [0.05, 0.1) is 11.6 Å². The molecule has 134 valence electrons. The SMILES string of the molecule is CCO[C@@H]1C[C@@H](N(C)C(=O)c2n[nH]c3ccc(C)cc23)C12CCCC2. The summed E-state index contributed by atoms with van der Waals surface area (Å²) in [7, 11) is 1.94. The van der Waals surface area contributed by atoms with Crippen LogP contribution in [0.15, 0.2) is 18.2 Å². The minimum Gasteiger partial charge on any atom is -0.378 e. The van der Waals surface area contributed by atoms with E-state index in [1.165, 1.54) is 25.7 Å². The van der Waals surface area contributed by atoms with Crippen molar-refractivity contribution in [1.29, 1.82) is 0 Å². The molecule has 1 N–H and O–H groups in total. The number of hydrogen-bond acceptors (Lipinski definition) is 3. The van der Waals surface area contributed by atoms with Gasteiger partial charge < -0.3 is 9.64 Å². The van der Waals surface area contributed by atoms with Gasteiger partial charge in [0.25, 0.3) is 5.91 Å². The number of carbonyl (C=O) groups is 1. The maximum absolute atomic E-state index is 13.2. The number of rotatable bonds is 4. The maximum atomic E-state index is 13.2. The van der Waals surface area contributed by atoms with Crippen LogP contribution in [-0.2, 0) is 4.74 Å². The van der Waals surface area contributed by atoms with Crippen LogP contribution in [0.1, 0.15) is 55.1 Å². The molecule has 4 rings (SSSR count). The van der Waals surface area contributed by atoms with Crippen LogP contribution < -0.4 is 0 Å². The molecule has 1 aromatic carbocycles. The van der Waals surface area contributed by atoms with Crippen LogP contribution in [0.5, 0.6) is 0 Å². The number of hydrogen-bond donors (Lipinski definition) is 1. The summed E-state index contributed by atoms with van der Waals surface area (Å²) in [5.74, 6) is 0.0167. The standard InChI is InChI=1S/C20H27N3O2/c1-4-25-17-12-16(20(17)9-5-6-10-20)23(3)19(24)18-14-11-13(2)7-8-15(14)21-22-18/h7-8,11,16-17H,4-6,9-10,12H2,1-3H3,(H,21,22)/t16-,17-/m1/s1. The first-order valence-corrected chi connectivity index (χ1v) is 9.40. The van der Waals surface area contributed by atoms with Gasteiger partial charge in [-0.15, -0.1) is 0 Å². The fraction of sp³-hybridized carbons (Fsp3) is 0.600. The van der Waals surface area contributed by atoms with Crippen molar-refractivity contribution in [2.75, 3.05) is 13.7 Å². The lowest BCUT2D eigenvalue weighted by atomic mass is 9.60. The minimum atomic E-state index is 0.0167. The van der Waals surface area contributed by atoms with Gasteiger partial charge >= 0.3 is 0 Å². The van der Waals surface area contributed by atoms with Crippen LogP contribution in [0.4, 0.5) is 0 Å². The van der Waals surface area contributed by atoms with Crippen molar-refractivity contribution in [3.8, 4) is 0 Å². The molecule has 2 aliphatic carbocycles. The van der Waals surface area contributed by atoms with Crippen molar-refractivity contribution >= 4 is 16.8 Å². The van der Waals surface area contributed by atoms with Crippen molar-refractivity contribution in [3.63, 3.8) is 0 Å². The quantitative estimate of drug-likeness (QED) is 0.923.